The van der Waals surface area contributed by atoms with E-state index < -0.39 is 10.1 Å². The number of rotatable bonds is 2. The molecule has 0 heterocycles. The average molecular weight is 192 g/mol. The molecular weight excluding hydrogens is 179 g/mol. The molecule has 64 valence electrons. The number of aliphatic hydroxyl groups excluding tert-OH is 1. The summed E-state index contributed by atoms with van der Waals surface area (Å²) < 4.78 is 26.9. The van der Waals surface area contributed by atoms with Crippen LogP contribution in [0.3, 0.4) is 0 Å². The first-order valence-electron chi connectivity index (χ1n) is 2.64. The minimum atomic E-state index is -3.66. The van der Waals surface area contributed by atoms with Gasteiger partial charge in [-0.1, -0.05) is 6.08 Å². The molecule has 0 aromatic heterocycles. The molecule has 2 N–H and O–H groups in total. The van der Waals surface area contributed by atoms with Crippen molar-refractivity contribution in [2.24, 2.45) is 0 Å². The molecule has 11 heavy (non-hydrogen) atoms. The third-order valence-electron chi connectivity index (χ3n) is 0.494. The fourth-order valence-corrected chi connectivity index (χ4v) is 0. The van der Waals surface area contributed by atoms with Gasteiger partial charge in [-0.3, -0.25) is 4.55 Å². The number of hydrogen-bond donors (Lipinski definition) is 2. The predicted molar refractivity (Wildman–Crippen MR) is 46.5 cm³/mol. The molecule has 0 aliphatic heterocycles. The second-order valence-electron chi connectivity index (χ2n) is 1.34. The van der Waals surface area contributed by atoms with E-state index in [0.29, 0.717) is 0 Å². The van der Waals surface area contributed by atoms with Crippen LogP contribution in [0.15, 0.2) is 12.7 Å². The summed E-state index contributed by atoms with van der Waals surface area (Å²) in [6.45, 7) is 4.68. The number of aliphatic hydroxyl groups is 1. The minimum absolute atomic E-state index is 0. The third-order valence-corrected chi connectivity index (χ3v) is 1.22. The van der Waals surface area contributed by atoms with Crippen LogP contribution in [-0.2, 0) is 10.1 Å². The Morgan fingerprint density at radius 1 is 1.55 bits per heavy atom. The summed E-state index contributed by atoms with van der Waals surface area (Å²) in [6, 6.07) is 0. The van der Waals surface area contributed by atoms with E-state index in [4.69, 9.17) is 9.66 Å². The van der Waals surface area contributed by atoms with Gasteiger partial charge in [0.1, 0.15) is 0 Å². The molecule has 0 saturated carbocycles. The van der Waals surface area contributed by atoms with Crippen molar-refractivity contribution < 1.29 is 18.1 Å². The Morgan fingerprint density at radius 2 is 1.73 bits per heavy atom. The standard InChI is InChI=1S/C3H6O.C2H6O3S.Na.H/c1-2-3-4;1-2-6(3,4)5;;/h2,4H,1,3H2;2H2,1H3,(H,3,4,5);;. The van der Waals surface area contributed by atoms with E-state index in [1.54, 1.807) is 0 Å². The molecule has 0 atom stereocenters. The molecule has 0 rings (SSSR count). The summed E-state index contributed by atoms with van der Waals surface area (Å²) in [5.41, 5.74) is 0. The summed E-state index contributed by atoms with van der Waals surface area (Å²) in [7, 11) is -3.66. The summed E-state index contributed by atoms with van der Waals surface area (Å²) in [5, 5.41) is 7.76. The summed E-state index contributed by atoms with van der Waals surface area (Å²) in [5.74, 6) is -0.201. The monoisotopic (exact) mass is 192 g/mol. The van der Waals surface area contributed by atoms with Crippen molar-refractivity contribution in [1.29, 1.82) is 0 Å². The van der Waals surface area contributed by atoms with Gasteiger partial charge in [-0.15, -0.1) is 6.58 Å². The molecule has 0 saturated heterocycles. The van der Waals surface area contributed by atoms with Crippen LogP contribution in [0.25, 0.3) is 0 Å². The topological polar surface area (TPSA) is 74.6 Å². The van der Waals surface area contributed by atoms with Gasteiger partial charge in [-0.05, 0) is 6.92 Å². The predicted octanol–water partition coefficient (Wildman–Crippen LogP) is -0.590. The van der Waals surface area contributed by atoms with Crippen molar-refractivity contribution in [3.8, 4) is 0 Å². The van der Waals surface area contributed by atoms with Gasteiger partial charge in [0, 0.05) is 0 Å². The van der Waals surface area contributed by atoms with Gasteiger partial charge in [0.2, 0.25) is 0 Å². The van der Waals surface area contributed by atoms with E-state index in [0.717, 1.165) is 0 Å². The molecule has 0 aliphatic rings. The molecule has 4 nitrogen and oxygen atoms in total. The quantitative estimate of drug-likeness (QED) is 0.348. The SMILES string of the molecule is C=CCO.CCS(=O)(=O)O.[NaH]. The molecule has 0 aliphatic carbocycles. The Hall–Kier alpha value is 0.610. The maximum absolute atomic E-state index is 9.56. The van der Waals surface area contributed by atoms with Crippen LogP contribution in [0.4, 0.5) is 0 Å². The molecule has 0 unspecified atom stereocenters. The van der Waals surface area contributed by atoms with Crippen LogP contribution in [0, 0.1) is 0 Å². The fraction of sp³-hybridized carbons (Fsp3) is 0.600. The molecule has 0 aromatic rings. The van der Waals surface area contributed by atoms with E-state index >= 15 is 0 Å². The van der Waals surface area contributed by atoms with E-state index in [2.05, 4.69) is 6.58 Å². The van der Waals surface area contributed by atoms with E-state index in [1.165, 1.54) is 13.0 Å². The first kappa shape index (κ1) is 17.6. The van der Waals surface area contributed by atoms with Gasteiger partial charge < -0.3 is 5.11 Å². The second-order valence-corrected chi connectivity index (χ2v) is 3.08. The number of hydrogen-bond acceptors (Lipinski definition) is 3. The van der Waals surface area contributed by atoms with Crippen molar-refractivity contribution in [1.82, 2.24) is 0 Å². The van der Waals surface area contributed by atoms with Gasteiger partial charge in [0.15, 0.2) is 0 Å². The van der Waals surface area contributed by atoms with Gasteiger partial charge in [0.05, 0.1) is 12.4 Å². The molecule has 0 bridgehead atoms. The van der Waals surface area contributed by atoms with Crippen molar-refractivity contribution in [3.63, 3.8) is 0 Å². The van der Waals surface area contributed by atoms with Gasteiger partial charge in [0.25, 0.3) is 10.1 Å². The second kappa shape index (κ2) is 10.6. The van der Waals surface area contributed by atoms with Crippen LogP contribution in [0.2, 0.25) is 0 Å². The summed E-state index contributed by atoms with van der Waals surface area (Å²) >= 11 is 0. The first-order valence-corrected chi connectivity index (χ1v) is 4.25. The van der Waals surface area contributed by atoms with Crippen LogP contribution in [0.1, 0.15) is 6.92 Å². The molecule has 0 aromatic carbocycles. The van der Waals surface area contributed by atoms with Crippen LogP contribution < -0.4 is 0 Å². The van der Waals surface area contributed by atoms with Gasteiger partial charge in [-0.2, -0.15) is 8.42 Å². The Bertz CT molecular complexity index is 163. The van der Waals surface area contributed by atoms with Gasteiger partial charge in [-0.25, -0.2) is 0 Å². The van der Waals surface area contributed by atoms with Crippen molar-refractivity contribution in [2.45, 2.75) is 6.92 Å². The first-order chi connectivity index (χ1) is 4.47. The van der Waals surface area contributed by atoms with Crippen molar-refractivity contribution in [2.75, 3.05) is 12.4 Å². The average Bonchev–Trinajstić information content (AvgIpc) is 1.87. The Labute approximate surface area is 89.4 Å². The maximum atomic E-state index is 9.56. The van der Waals surface area contributed by atoms with E-state index in [9.17, 15) is 8.42 Å². The van der Waals surface area contributed by atoms with Gasteiger partial charge >= 0.3 is 29.6 Å². The zero-order valence-electron chi connectivity index (χ0n) is 5.82. The summed E-state index contributed by atoms with van der Waals surface area (Å²) in [6.07, 6.45) is 1.43. The van der Waals surface area contributed by atoms with Crippen LogP contribution in [0.5, 0.6) is 0 Å². The zero-order chi connectivity index (χ0) is 8.62. The third kappa shape index (κ3) is 37.0. The molecular formula is C5H13NaO4S. The van der Waals surface area contributed by atoms with E-state index in [1.807, 2.05) is 0 Å². The van der Waals surface area contributed by atoms with E-state index in [-0.39, 0.29) is 41.9 Å². The molecule has 0 fully saturated rings. The Balaban J connectivity index is -0.000000114. The molecule has 6 heteroatoms. The van der Waals surface area contributed by atoms with Crippen molar-refractivity contribution >= 4 is 39.7 Å². The Morgan fingerprint density at radius 3 is 1.73 bits per heavy atom. The van der Waals surface area contributed by atoms with Crippen LogP contribution in [-0.4, -0.2) is 60.0 Å². The molecule has 0 amide bonds. The fourth-order valence-electron chi connectivity index (χ4n) is 0. The molecule has 0 spiro atoms. The normalized spacial score (nSPS) is 8.64. The van der Waals surface area contributed by atoms with Crippen LogP contribution >= 0.6 is 0 Å². The Kier molecular flexibility index (Phi) is 17.0. The molecule has 0 radical (unpaired) electrons. The summed E-state index contributed by atoms with van der Waals surface area (Å²) in [4.78, 5) is 0. The zero-order valence-corrected chi connectivity index (χ0v) is 6.63. The van der Waals surface area contributed by atoms with Crippen molar-refractivity contribution in [3.05, 3.63) is 12.7 Å².